The molecule has 0 radical (unpaired) electrons. The normalized spacial score (nSPS) is 11.0. The minimum Gasteiger partial charge on any atom is -0.208 e. The summed E-state index contributed by atoms with van der Waals surface area (Å²) in [7, 11) is 0. The van der Waals surface area contributed by atoms with E-state index >= 15 is 0 Å². The van der Waals surface area contributed by atoms with E-state index in [0.717, 1.165) is 50.1 Å². The van der Waals surface area contributed by atoms with Crippen molar-refractivity contribution in [3.05, 3.63) is 212 Å². The molecule has 0 saturated heterocycles. The summed E-state index contributed by atoms with van der Waals surface area (Å²) in [5, 5.41) is 0. The molecule has 9 rings (SSSR count). The molecule has 0 aliphatic heterocycles. The third kappa shape index (κ3) is 6.74. The van der Waals surface area contributed by atoms with E-state index in [-0.39, 0.29) is 0 Å². The first-order chi connectivity index (χ1) is 26.8. The summed E-state index contributed by atoms with van der Waals surface area (Å²) in [6.45, 7) is 0. The molecule has 0 unspecified atom stereocenters. The van der Waals surface area contributed by atoms with Gasteiger partial charge in [-0.1, -0.05) is 206 Å². The van der Waals surface area contributed by atoms with Crippen molar-refractivity contribution < 1.29 is 0 Å². The highest BCUT2D eigenvalue weighted by Gasteiger charge is 2.16. The third-order valence-corrected chi connectivity index (χ3v) is 9.80. The second-order valence-corrected chi connectivity index (χ2v) is 13.2. The van der Waals surface area contributed by atoms with Gasteiger partial charge in [-0.25, -0.2) is 15.0 Å². The number of aromatic nitrogens is 3. The average Bonchev–Trinajstić information content (AvgIpc) is 3.27. The smallest absolute Gasteiger partial charge is 0.164 e. The molecule has 0 bridgehead atoms. The van der Waals surface area contributed by atoms with Gasteiger partial charge in [0.05, 0.1) is 0 Å². The van der Waals surface area contributed by atoms with Gasteiger partial charge in [-0.2, -0.15) is 0 Å². The highest BCUT2D eigenvalue weighted by Crippen LogP contribution is 2.37. The van der Waals surface area contributed by atoms with E-state index in [2.05, 4.69) is 206 Å². The molecule has 1 heterocycles. The van der Waals surface area contributed by atoms with Gasteiger partial charge < -0.3 is 0 Å². The summed E-state index contributed by atoms with van der Waals surface area (Å²) >= 11 is 0. The zero-order valence-electron chi connectivity index (χ0n) is 29.5. The van der Waals surface area contributed by atoms with Gasteiger partial charge in [0, 0.05) is 16.7 Å². The Labute approximate surface area is 316 Å². The summed E-state index contributed by atoms with van der Waals surface area (Å²) in [5.74, 6) is 1.87. The van der Waals surface area contributed by atoms with Crippen molar-refractivity contribution in [2.45, 2.75) is 0 Å². The molecule has 0 atom stereocenters. The fourth-order valence-electron chi connectivity index (χ4n) is 7.02. The van der Waals surface area contributed by atoms with Crippen molar-refractivity contribution in [3.8, 4) is 89.8 Å². The largest absolute Gasteiger partial charge is 0.208 e. The summed E-state index contributed by atoms with van der Waals surface area (Å²) in [5.41, 5.74) is 14.4. The van der Waals surface area contributed by atoms with E-state index < -0.39 is 0 Å². The van der Waals surface area contributed by atoms with Gasteiger partial charge >= 0.3 is 0 Å². The van der Waals surface area contributed by atoms with Crippen LogP contribution in [0.2, 0.25) is 0 Å². The van der Waals surface area contributed by atoms with Gasteiger partial charge in [0.25, 0.3) is 0 Å². The Bertz CT molecular complexity index is 2660. The lowest BCUT2D eigenvalue weighted by Gasteiger charge is -2.14. The van der Waals surface area contributed by atoms with Gasteiger partial charge in [-0.05, 0) is 61.7 Å². The topological polar surface area (TPSA) is 38.7 Å². The Morgan fingerprint density at radius 1 is 0.185 bits per heavy atom. The van der Waals surface area contributed by atoms with E-state index in [1.807, 2.05) is 6.07 Å². The quantitative estimate of drug-likeness (QED) is 0.159. The molecule has 54 heavy (non-hydrogen) atoms. The summed E-state index contributed by atoms with van der Waals surface area (Å²) in [4.78, 5) is 15.4. The Balaban J connectivity index is 1.16. The van der Waals surface area contributed by atoms with E-state index in [1.165, 1.54) is 22.3 Å². The highest BCUT2D eigenvalue weighted by atomic mass is 15.0. The second-order valence-electron chi connectivity index (χ2n) is 13.2. The zero-order chi connectivity index (χ0) is 36.1. The monoisotopic (exact) mass is 689 g/mol. The predicted molar refractivity (Wildman–Crippen MR) is 223 cm³/mol. The molecule has 0 fully saturated rings. The van der Waals surface area contributed by atoms with Gasteiger partial charge in [0.15, 0.2) is 17.5 Å². The molecule has 3 heteroatoms. The lowest BCUT2D eigenvalue weighted by Crippen LogP contribution is -2.00. The maximum atomic E-state index is 5.15. The van der Waals surface area contributed by atoms with E-state index in [4.69, 9.17) is 15.0 Å². The van der Waals surface area contributed by atoms with Gasteiger partial charge in [0.1, 0.15) is 0 Å². The number of rotatable bonds is 8. The van der Waals surface area contributed by atoms with E-state index in [1.54, 1.807) is 0 Å². The Kier molecular flexibility index (Phi) is 8.94. The summed E-state index contributed by atoms with van der Waals surface area (Å²) in [6, 6.07) is 74.1. The Morgan fingerprint density at radius 3 is 0.926 bits per heavy atom. The molecule has 0 aliphatic rings. The van der Waals surface area contributed by atoms with Crippen LogP contribution in [0.1, 0.15) is 0 Å². The first kappa shape index (κ1) is 32.7. The molecule has 0 saturated carbocycles. The number of benzene rings is 8. The molecule has 8 aromatic carbocycles. The lowest BCUT2D eigenvalue weighted by atomic mass is 9.92. The Hall–Kier alpha value is -7.23. The van der Waals surface area contributed by atoms with Gasteiger partial charge in [0.2, 0.25) is 0 Å². The molecule has 0 spiro atoms. The fraction of sp³-hybridized carbons (Fsp3) is 0. The van der Waals surface area contributed by atoms with Crippen LogP contribution in [-0.2, 0) is 0 Å². The second kappa shape index (κ2) is 14.8. The molecule has 0 aliphatic carbocycles. The van der Waals surface area contributed by atoms with Crippen LogP contribution >= 0.6 is 0 Å². The van der Waals surface area contributed by atoms with Crippen molar-refractivity contribution in [1.82, 2.24) is 15.0 Å². The SMILES string of the molecule is c1ccc(-c2ccc(-c3nc(-c4ccc(-c5ccccc5-c5ccccc5)cc4)nc(-c4ccc(-c5ccccc5)c(-c5ccccc5)c4)n3)cc2)cc1. The van der Waals surface area contributed by atoms with E-state index in [9.17, 15) is 0 Å². The summed E-state index contributed by atoms with van der Waals surface area (Å²) < 4.78 is 0. The minimum atomic E-state index is 0.623. The average molecular weight is 690 g/mol. The molecular weight excluding hydrogens is 655 g/mol. The minimum absolute atomic E-state index is 0.623. The van der Waals surface area contributed by atoms with Crippen molar-refractivity contribution in [2.75, 3.05) is 0 Å². The molecule has 254 valence electrons. The predicted octanol–water partition coefficient (Wildman–Crippen LogP) is 13.2. The van der Waals surface area contributed by atoms with Crippen LogP contribution in [0.5, 0.6) is 0 Å². The third-order valence-electron chi connectivity index (χ3n) is 9.80. The standard InChI is InChI=1S/C51H35N3/c1-5-15-36(16-6-1)37-25-29-42(30-26-37)49-52-50(43-31-27-41(28-32-43)46-24-14-13-23-45(46)38-17-7-2-8-18-38)54-51(53-49)44-33-34-47(39-19-9-3-10-20-39)48(35-44)40-21-11-4-12-22-40/h1-35H. The molecule has 0 N–H and O–H groups in total. The number of nitrogens with zero attached hydrogens (tertiary/aromatic N) is 3. The van der Waals surface area contributed by atoms with Crippen LogP contribution in [0.25, 0.3) is 89.8 Å². The molecule has 1 aromatic heterocycles. The maximum Gasteiger partial charge on any atom is 0.164 e. The van der Waals surface area contributed by atoms with Crippen LogP contribution in [-0.4, -0.2) is 15.0 Å². The lowest BCUT2D eigenvalue weighted by molar-refractivity contribution is 1.07. The van der Waals surface area contributed by atoms with Crippen molar-refractivity contribution in [1.29, 1.82) is 0 Å². The molecule has 0 amide bonds. The van der Waals surface area contributed by atoms with Crippen molar-refractivity contribution in [3.63, 3.8) is 0 Å². The molecule has 9 aromatic rings. The van der Waals surface area contributed by atoms with Gasteiger partial charge in [-0.15, -0.1) is 0 Å². The molecule has 3 nitrogen and oxygen atoms in total. The van der Waals surface area contributed by atoms with E-state index in [0.29, 0.717) is 17.5 Å². The van der Waals surface area contributed by atoms with Crippen molar-refractivity contribution in [2.24, 2.45) is 0 Å². The maximum absolute atomic E-state index is 5.15. The van der Waals surface area contributed by atoms with Crippen LogP contribution in [0.4, 0.5) is 0 Å². The van der Waals surface area contributed by atoms with Gasteiger partial charge in [-0.3, -0.25) is 0 Å². The Morgan fingerprint density at radius 2 is 0.463 bits per heavy atom. The van der Waals surface area contributed by atoms with Crippen LogP contribution in [0.3, 0.4) is 0 Å². The zero-order valence-corrected chi connectivity index (χ0v) is 29.5. The molecular formula is C51H35N3. The first-order valence-electron chi connectivity index (χ1n) is 18.2. The first-order valence-corrected chi connectivity index (χ1v) is 18.2. The van der Waals surface area contributed by atoms with Crippen LogP contribution < -0.4 is 0 Å². The number of hydrogen-bond donors (Lipinski definition) is 0. The highest BCUT2D eigenvalue weighted by molar-refractivity contribution is 5.87. The summed E-state index contributed by atoms with van der Waals surface area (Å²) in [6.07, 6.45) is 0. The fourth-order valence-corrected chi connectivity index (χ4v) is 7.02. The van der Waals surface area contributed by atoms with Crippen LogP contribution in [0, 0.1) is 0 Å². The number of hydrogen-bond acceptors (Lipinski definition) is 3. The van der Waals surface area contributed by atoms with Crippen LogP contribution in [0.15, 0.2) is 212 Å². The van der Waals surface area contributed by atoms with Crippen molar-refractivity contribution >= 4 is 0 Å².